The van der Waals surface area contributed by atoms with E-state index < -0.39 is 24.1 Å². The largest absolute Gasteiger partial charge is 0.456 e. The fourth-order valence-electron chi connectivity index (χ4n) is 1.96. The van der Waals surface area contributed by atoms with Crippen molar-refractivity contribution in [1.29, 1.82) is 0 Å². The van der Waals surface area contributed by atoms with Gasteiger partial charge >= 0.3 is 11.9 Å². The molecule has 0 aromatic heterocycles. The number of carbonyl (C=O) groups excluding carboxylic acids is 1. The van der Waals surface area contributed by atoms with Gasteiger partial charge in [0, 0.05) is 0 Å². The number of hydrogen-bond acceptors (Lipinski definition) is 3. The molecule has 2 unspecified atom stereocenters. The summed E-state index contributed by atoms with van der Waals surface area (Å²) in [6.45, 7) is 4.78. The van der Waals surface area contributed by atoms with E-state index in [0.29, 0.717) is 5.56 Å². The maximum atomic E-state index is 14.2. The van der Waals surface area contributed by atoms with Gasteiger partial charge < -0.3 is 9.47 Å². The highest BCUT2D eigenvalue weighted by atomic mass is 19.3. The summed E-state index contributed by atoms with van der Waals surface area (Å²) in [5, 5.41) is 0. The maximum Gasteiger partial charge on any atom is 0.380 e. The molecule has 2 atom stereocenters. The molecular formula is C17H22F2O3. The molecule has 1 aromatic rings. The van der Waals surface area contributed by atoms with Crippen molar-refractivity contribution in [2.75, 3.05) is 0 Å². The second-order valence-electron chi connectivity index (χ2n) is 4.95. The summed E-state index contributed by atoms with van der Waals surface area (Å²) in [5.74, 6) is -5.24. The van der Waals surface area contributed by atoms with Gasteiger partial charge in [-0.15, -0.1) is 0 Å². The maximum absolute atomic E-state index is 14.2. The second-order valence-corrected chi connectivity index (χ2v) is 4.95. The van der Waals surface area contributed by atoms with Crippen LogP contribution in [-0.4, -0.2) is 24.1 Å². The van der Waals surface area contributed by atoms with Crippen molar-refractivity contribution in [2.24, 2.45) is 0 Å². The highest BCUT2D eigenvalue weighted by Gasteiger charge is 2.49. The Morgan fingerprint density at radius 2 is 1.95 bits per heavy atom. The van der Waals surface area contributed by atoms with E-state index in [9.17, 15) is 13.6 Å². The molecule has 0 spiro atoms. The van der Waals surface area contributed by atoms with Gasteiger partial charge in [0.05, 0.1) is 6.10 Å². The van der Waals surface area contributed by atoms with Gasteiger partial charge in [0.1, 0.15) is 12.7 Å². The number of alkyl halides is 2. The van der Waals surface area contributed by atoms with Crippen LogP contribution in [0, 0.1) is 0 Å². The number of benzene rings is 1. The van der Waals surface area contributed by atoms with E-state index in [-0.39, 0.29) is 13.0 Å². The Balaban J connectivity index is 2.66. The normalized spacial score (nSPS) is 14.8. The van der Waals surface area contributed by atoms with E-state index in [2.05, 4.69) is 0 Å². The second kappa shape index (κ2) is 8.63. The summed E-state index contributed by atoms with van der Waals surface area (Å²) in [5.41, 5.74) is 0.655. The first-order valence-electron chi connectivity index (χ1n) is 7.29. The molecule has 1 aromatic carbocycles. The van der Waals surface area contributed by atoms with E-state index in [0.717, 1.165) is 0 Å². The van der Waals surface area contributed by atoms with Crippen molar-refractivity contribution in [3.63, 3.8) is 0 Å². The number of allylic oxidation sites excluding steroid dienone is 1. The average molecular weight is 312 g/mol. The topological polar surface area (TPSA) is 35.5 Å². The van der Waals surface area contributed by atoms with Crippen LogP contribution >= 0.6 is 0 Å². The van der Waals surface area contributed by atoms with Gasteiger partial charge in [0.2, 0.25) is 0 Å². The lowest BCUT2D eigenvalue weighted by Gasteiger charge is -2.26. The predicted octanol–water partition coefficient (Wildman–Crippen LogP) is 4.12. The van der Waals surface area contributed by atoms with Crippen LogP contribution in [0.25, 0.3) is 0 Å². The van der Waals surface area contributed by atoms with Gasteiger partial charge in [0.15, 0.2) is 0 Å². The fourth-order valence-corrected chi connectivity index (χ4v) is 1.96. The van der Waals surface area contributed by atoms with Crippen molar-refractivity contribution in [2.45, 2.75) is 51.9 Å². The monoisotopic (exact) mass is 312 g/mol. The summed E-state index contributed by atoms with van der Waals surface area (Å²) in [7, 11) is 0. The predicted molar refractivity (Wildman–Crippen MR) is 80.6 cm³/mol. The summed E-state index contributed by atoms with van der Waals surface area (Å²) in [4.78, 5) is 11.7. The molecule has 0 amide bonds. The molecule has 1 rings (SSSR count). The Morgan fingerprint density at radius 1 is 1.32 bits per heavy atom. The molecule has 0 N–H and O–H groups in total. The Bertz CT molecular complexity index is 486. The first kappa shape index (κ1) is 18.3. The minimum absolute atomic E-state index is 0.00926. The quantitative estimate of drug-likeness (QED) is 0.535. The van der Waals surface area contributed by atoms with Gasteiger partial charge in [-0.3, -0.25) is 0 Å². The molecule has 0 aliphatic rings. The zero-order valence-electron chi connectivity index (χ0n) is 13.1. The summed E-state index contributed by atoms with van der Waals surface area (Å²) in [6, 6.07) is 8.69. The number of rotatable bonds is 8. The molecule has 0 aliphatic carbocycles. The number of halogens is 2. The van der Waals surface area contributed by atoms with Crippen molar-refractivity contribution in [3.8, 4) is 0 Å². The van der Waals surface area contributed by atoms with Gasteiger partial charge in [-0.2, -0.15) is 8.78 Å². The Morgan fingerprint density at radius 3 is 2.50 bits per heavy atom. The van der Waals surface area contributed by atoms with Crippen LogP contribution in [0.2, 0.25) is 0 Å². The molecule has 0 aliphatic heterocycles. The zero-order valence-corrected chi connectivity index (χ0v) is 13.1. The summed E-state index contributed by atoms with van der Waals surface area (Å²) >= 11 is 0. The molecule has 3 nitrogen and oxygen atoms in total. The van der Waals surface area contributed by atoms with Crippen molar-refractivity contribution in [1.82, 2.24) is 0 Å². The third kappa shape index (κ3) is 5.22. The van der Waals surface area contributed by atoms with Crippen LogP contribution in [0.4, 0.5) is 8.78 Å². The molecule has 0 heterocycles. The Labute approximate surface area is 129 Å². The lowest BCUT2D eigenvalue weighted by Crippen LogP contribution is -2.45. The van der Waals surface area contributed by atoms with Gasteiger partial charge in [-0.1, -0.05) is 49.4 Å². The summed E-state index contributed by atoms with van der Waals surface area (Å²) in [6.07, 6.45) is 1.36. The van der Waals surface area contributed by atoms with Crippen LogP contribution in [0.3, 0.4) is 0 Å². The molecule has 0 radical (unpaired) electrons. The molecule has 122 valence electrons. The standard InChI is InChI=1S/C17H22F2O3/c1-4-9-13(3)22-15(5-2)17(18,19)16(20)21-12-14-10-7-6-8-11-14/h4,6-11,13,15H,5,12H2,1-3H3. The molecular weight excluding hydrogens is 290 g/mol. The van der Waals surface area contributed by atoms with Crippen molar-refractivity contribution in [3.05, 3.63) is 48.0 Å². The molecule has 22 heavy (non-hydrogen) atoms. The highest BCUT2D eigenvalue weighted by Crippen LogP contribution is 2.27. The number of carbonyl (C=O) groups is 1. The minimum atomic E-state index is -3.68. The number of esters is 1. The molecule has 0 fully saturated rings. The lowest BCUT2D eigenvalue weighted by atomic mass is 10.1. The van der Waals surface area contributed by atoms with E-state index in [1.165, 1.54) is 0 Å². The number of ether oxygens (including phenoxy) is 2. The summed E-state index contributed by atoms with van der Waals surface area (Å²) < 4.78 is 38.3. The zero-order chi connectivity index (χ0) is 16.6. The van der Waals surface area contributed by atoms with Crippen molar-refractivity contribution >= 4 is 5.97 Å². The van der Waals surface area contributed by atoms with Crippen LogP contribution < -0.4 is 0 Å². The highest BCUT2D eigenvalue weighted by molar-refractivity contribution is 5.78. The molecule has 5 heteroatoms. The van der Waals surface area contributed by atoms with Crippen LogP contribution in [-0.2, 0) is 20.9 Å². The van der Waals surface area contributed by atoms with E-state index >= 15 is 0 Å². The lowest BCUT2D eigenvalue weighted by molar-refractivity contribution is -0.199. The molecule has 0 saturated carbocycles. The number of hydrogen-bond donors (Lipinski definition) is 0. The Hall–Kier alpha value is -1.75. The van der Waals surface area contributed by atoms with Gasteiger partial charge in [-0.25, -0.2) is 4.79 Å². The van der Waals surface area contributed by atoms with Gasteiger partial charge in [-0.05, 0) is 25.8 Å². The van der Waals surface area contributed by atoms with Crippen LogP contribution in [0.15, 0.2) is 42.5 Å². The minimum Gasteiger partial charge on any atom is -0.456 e. The molecule has 0 bridgehead atoms. The fraction of sp³-hybridized carbons (Fsp3) is 0.471. The van der Waals surface area contributed by atoms with Crippen LogP contribution in [0.5, 0.6) is 0 Å². The average Bonchev–Trinajstić information content (AvgIpc) is 2.51. The van der Waals surface area contributed by atoms with Gasteiger partial charge in [0.25, 0.3) is 0 Å². The first-order chi connectivity index (χ1) is 10.4. The van der Waals surface area contributed by atoms with E-state index in [1.54, 1.807) is 63.3 Å². The van der Waals surface area contributed by atoms with Crippen LogP contribution in [0.1, 0.15) is 32.8 Å². The van der Waals surface area contributed by atoms with E-state index in [1.807, 2.05) is 0 Å². The van der Waals surface area contributed by atoms with E-state index in [4.69, 9.17) is 9.47 Å². The smallest absolute Gasteiger partial charge is 0.380 e. The third-order valence-corrected chi connectivity index (χ3v) is 3.10. The Kier molecular flexibility index (Phi) is 7.18. The SMILES string of the molecule is CC=CC(C)OC(CC)C(F)(F)C(=O)OCc1ccccc1. The first-order valence-corrected chi connectivity index (χ1v) is 7.29. The third-order valence-electron chi connectivity index (χ3n) is 3.10. The van der Waals surface area contributed by atoms with Crippen molar-refractivity contribution < 1.29 is 23.0 Å². The molecule has 0 saturated heterocycles.